The summed E-state index contributed by atoms with van der Waals surface area (Å²) < 4.78 is 5.30. The first-order valence-corrected chi connectivity index (χ1v) is 6.26. The summed E-state index contributed by atoms with van der Waals surface area (Å²) in [6.07, 6.45) is 2.39. The van der Waals surface area contributed by atoms with Crippen molar-refractivity contribution in [2.24, 2.45) is 0 Å². The average molecular weight is 256 g/mol. The Balaban J connectivity index is 2.19. The molecule has 1 aromatic carbocycles. The maximum absolute atomic E-state index is 10.5. The fourth-order valence-electron chi connectivity index (χ4n) is 2.34. The molecule has 3 nitrogen and oxygen atoms in total. The third-order valence-electron chi connectivity index (χ3n) is 3.21. The second kappa shape index (κ2) is 5.25. The van der Waals surface area contributed by atoms with Gasteiger partial charge in [-0.2, -0.15) is 0 Å². The first-order chi connectivity index (χ1) is 8.13. The summed E-state index contributed by atoms with van der Waals surface area (Å²) in [6, 6.07) is 5.51. The van der Waals surface area contributed by atoms with E-state index in [0.29, 0.717) is 18.0 Å². The van der Waals surface area contributed by atoms with Crippen LogP contribution >= 0.6 is 11.6 Å². The van der Waals surface area contributed by atoms with Crippen LogP contribution in [-0.4, -0.2) is 30.9 Å². The Kier molecular flexibility index (Phi) is 3.92. The predicted octanol–water partition coefficient (Wildman–Crippen LogP) is 2.01. The predicted molar refractivity (Wildman–Crippen MR) is 68.8 cm³/mol. The molecule has 2 N–H and O–H groups in total. The highest BCUT2D eigenvalue weighted by Gasteiger charge is 2.30. The number of benzene rings is 1. The van der Waals surface area contributed by atoms with E-state index in [-0.39, 0.29) is 0 Å². The Morgan fingerprint density at radius 2 is 2.35 bits per heavy atom. The van der Waals surface area contributed by atoms with Gasteiger partial charge in [0, 0.05) is 18.0 Å². The number of methoxy groups -OCH3 is 1. The van der Waals surface area contributed by atoms with E-state index >= 15 is 0 Å². The number of hydrogen-bond acceptors (Lipinski definition) is 3. The van der Waals surface area contributed by atoms with Crippen LogP contribution in [0.25, 0.3) is 0 Å². The number of ether oxygens (including phenoxy) is 1. The Morgan fingerprint density at radius 3 is 3.00 bits per heavy atom. The summed E-state index contributed by atoms with van der Waals surface area (Å²) in [5, 5.41) is 14.4. The van der Waals surface area contributed by atoms with E-state index in [1.807, 2.05) is 12.1 Å². The first kappa shape index (κ1) is 12.7. The molecule has 1 aromatic rings. The van der Waals surface area contributed by atoms with Gasteiger partial charge in [0.1, 0.15) is 5.75 Å². The lowest BCUT2D eigenvalue weighted by atomic mass is 9.87. The van der Waals surface area contributed by atoms with Crippen molar-refractivity contribution in [1.82, 2.24) is 5.32 Å². The minimum atomic E-state index is -0.684. The van der Waals surface area contributed by atoms with E-state index in [1.54, 1.807) is 13.2 Å². The number of hydrogen-bond donors (Lipinski definition) is 2. The van der Waals surface area contributed by atoms with E-state index in [2.05, 4.69) is 5.32 Å². The molecule has 0 amide bonds. The highest BCUT2D eigenvalue weighted by Crippen LogP contribution is 2.29. The number of β-amino-alcohol motifs (C(OH)–C–C–N with tert-alkyl or cyclic N) is 1. The number of rotatable bonds is 3. The SMILES string of the molecule is COc1ccc(Cl)cc1CC1(O)CCCNC1. The zero-order valence-corrected chi connectivity index (χ0v) is 10.8. The first-order valence-electron chi connectivity index (χ1n) is 5.88. The summed E-state index contributed by atoms with van der Waals surface area (Å²) in [7, 11) is 1.63. The molecule has 0 spiro atoms. The van der Waals surface area contributed by atoms with Crippen molar-refractivity contribution >= 4 is 11.6 Å². The van der Waals surface area contributed by atoms with Crippen molar-refractivity contribution in [3.05, 3.63) is 28.8 Å². The van der Waals surface area contributed by atoms with Gasteiger partial charge in [-0.1, -0.05) is 11.6 Å². The van der Waals surface area contributed by atoms with Crippen LogP contribution in [0.15, 0.2) is 18.2 Å². The lowest BCUT2D eigenvalue weighted by Gasteiger charge is -2.33. The van der Waals surface area contributed by atoms with Crippen molar-refractivity contribution in [2.45, 2.75) is 24.9 Å². The normalized spacial score (nSPS) is 24.6. The van der Waals surface area contributed by atoms with Gasteiger partial charge < -0.3 is 15.2 Å². The van der Waals surface area contributed by atoms with Crippen molar-refractivity contribution in [1.29, 1.82) is 0 Å². The van der Waals surface area contributed by atoms with Gasteiger partial charge in [0.15, 0.2) is 0 Å². The maximum atomic E-state index is 10.5. The van der Waals surface area contributed by atoms with Gasteiger partial charge in [0.25, 0.3) is 0 Å². The van der Waals surface area contributed by atoms with Crippen LogP contribution in [0.5, 0.6) is 5.75 Å². The van der Waals surface area contributed by atoms with Gasteiger partial charge in [-0.15, -0.1) is 0 Å². The van der Waals surface area contributed by atoms with Crippen molar-refractivity contribution in [2.75, 3.05) is 20.2 Å². The van der Waals surface area contributed by atoms with E-state index in [4.69, 9.17) is 16.3 Å². The molecule has 94 valence electrons. The Morgan fingerprint density at radius 1 is 1.53 bits per heavy atom. The highest BCUT2D eigenvalue weighted by molar-refractivity contribution is 6.30. The summed E-state index contributed by atoms with van der Waals surface area (Å²) >= 11 is 5.98. The molecule has 4 heteroatoms. The van der Waals surface area contributed by atoms with Crippen LogP contribution in [-0.2, 0) is 6.42 Å². The molecule has 0 bridgehead atoms. The van der Waals surface area contributed by atoms with E-state index in [0.717, 1.165) is 30.7 Å². The minimum absolute atomic E-state index is 0.573. The zero-order chi connectivity index (χ0) is 12.3. The molecule has 1 fully saturated rings. The maximum Gasteiger partial charge on any atom is 0.122 e. The van der Waals surface area contributed by atoms with Crippen molar-refractivity contribution < 1.29 is 9.84 Å². The third kappa shape index (κ3) is 3.12. The van der Waals surface area contributed by atoms with Gasteiger partial charge in [-0.25, -0.2) is 0 Å². The summed E-state index contributed by atoms with van der Waals surface area (Å²) in [5.74, 6) is 0.786. The molecule has 0 aliphatic carbocycles. The van der Waals surface area contributed by atoms with Gasteiger partial charge in [0.2, 0.25) is 0 Å². The Labute approximate surface area is 107 Å². The Hall–Kier alpha value is -0.770. The molecule has 1 saturated heterocycles. The molecule has 0 aromatic heterocycles. The van der Waals surface area contributed by atoms with Crippen LogP contribution in [0.4, 0.5) is 0 Å². The van der Waals surface area contributed by atoms with Crippen molar-refractivity contribution in [3.8, 4) is 5.75 Å². The summed E-state index contributed by atoms with van der Waals surface area (Å²) in [5.41, 5.74) is 0.280. The molecule has 0 saturated carbocycles. The minimum Gasteiger partial charge on any atom is -0.496 e. The second-order valence-electron chi connectivity index (χ2n) is 4.64. The number of halogens is 1. The van der Waals surface area contributed by atoms with Gasteiger partial charge in [0.05, 0.1) is 12.7 Å². The monoisotopic (exact) mass is 255 g/mol. The number of aliphatic hydroxyl groups is 1. The van der Waals surface area contributed by atoms with Crippen LogP contribution in [0, 0.1) is 0 Å². The Bertz CT molecular complexity index is 389. The van der Waals surface area contributed by atoms with E-state index in [1.165, 1.54) is 0 Å². The van der Waals surface area contributed by atoms with E-state index < -0.39 is 5.60 Å². The van der Waals surface area contributed by atoms with Gasteiger partial charge >= 0.3 is 0 Å². The third-order valence-corrected chi connectivity index (χ3v) is 3.45. The lowest BCUT2D eigenvalue weighted by molar-refractivity contribution is 0.0165. The van der Waals surface area contributed by atoms with E-state index in [9.17, 15) is 5.11 Å². The van der Waals surface area contributed by atoms with Gasteiger partial charge in [-0.3, -0.25) is 0 Å². The number of nitrogens with one attached hydrogen (secondary N) is 1. The molecule has 1 aliphatic rings. The zero-order valence-electron chi connectivity index (χ0n) is 10.0. The highest BCUT2D eigenvalue weighted by atomic mass is 35.5. The molecular weight excluding hydrogens is 238 g/mol. The molecule has 0 radical (unpaired) electrons. The average Bonchev–Trinajstić information content (AvgIpc) is 2.29. The summed E-state index contributed by atoms with van der Waals surface area (Å²) in [6.45, 7) is 1.61. The largest absolute Gasteiger partial charge is 0.496 e. The standard InChI is InChI=1S/C13H18ClNO2/c1-17-12-4-3-11(14)7-10(12)8-13(16)5-2-6-15-9-13/h3-4,7,15-16H,2,5-6,8-9H2,1H3. The molecule has 1 heterocycles. The smallest absolute Gasteiger partial charge is 0.122 e. The molecule has 1 unspecified atom stereocenters. The second-order valence-corrected chi connectivity index (χ2v) is 5.07. The van der Waals surface area contributed by atoms with Crippen LogP contribution in [0.3, 0.4) is 0 Å². The quantitative estimate of drug-likeness (QED) is 0.868. The molecular formula is C13H18ClNO2. The summed E-state index contributed by atoms with van der Waals surface area (Å²) in [4.78, 5) is 0. The van der Waals surface area contributed by atoms with Crippen molar-refractivity contribution in [3.63, 3.8) is 0 Å². The molecule has 2 rings (SSSR count). The fourth-order valence-corrected chi connectivity index (χ4v) is 2.54. The fraction of sp³-hybridized carbons (Fsp3) is 0.538. The molecule has 1 aliphatic heterocycles. The van der Waals surface area contributed by atoms with Crippen LogP contribution < -0.4 is 10.1 Å². The topological polar surface area (TPSA) is 41.5 Å². The lowest BCUT2D eigenvalue weighted by Crippen LogP contribution is -2.47. The number of piperidine rings is 1. The van der Waals surface area contributed by atoms with Crippen LogP contribution in [0.1, 0.15) is 18.4 Å². The molecule has 17 heavy (non-hydrogen) atoms. The van der Waals surface area contributed by atoms with Gasteiger partial charge in [-0.05, 0) is 43.1 Å². The molecule has 1 atom stereocenters. The van der Waals surface area contributed by atoms with Crippen LogP contribution in [0.2, 0.25) is 5.02 Å².